The molecule has 4 rings (SSSR count). The van der Waals surface area contributed by atoms with Gasteiger partial charge >= 0.3 is 0 Å². The average Bonchev–Trinajstić information content (AvgIpc) is 3.07. The van der Waals surface area contributed by atoms with Crippen molar-refractivity contribution in [3.05, 3.63) is 16.1 Å². The number of methoxy groups -OCH3 is 1. The summed E-state index contributed by atoms with van der Waals surface area (Å²) in [4.78, 5) is 11.2. The zero-order chi connectivity index (χ0) is 18.0. The maximum atomic E-state index is 5.76. The maximum absolute atomic E-state index is 5.76. The number of hydrogen-bond donors (Lipinski definition) is 0. The number of ether oxygens (including phenoxy) is 2. The Morgan fingerprint density at radius 2 is 2.15 bits per heavy atom. The minimum atomic E-state index is 0.342. The molecular formula is C20H33N3O2S. The molecule has 3 aliphatic rings. The van der Waals surface area contributed by atoms with Crippen LogP contribution in [0, 0.1) is 18.3 Å². The van der Waals surface area contributed by atoms with Gasteiger partial charge in [0.1, 0.15) is 0 Å². The Balaban J connectivity index is 1.43. The van der Waals surface area contributed by atoms with Crippen molar-refractivity contribution >= 4 is 11.3 Å². The Hall–Kier alpha value is -0.530. The second kappa shape index (κ2) is 8.23. The minimum absolute atomic E-state index is 0.342. The molecule has 0 spiro atoms. The smallest absolute Gasteiger partial charge is 0.0798 e. The zero-order valence-electron chi connectivity index (χ0n) is 16.3. The first kappa shape index (κ1) is 18.8. The van der Waals surface area contributed by atoms with Crippen LogP contribution in [0.25, 0.3) is 0 Å². The van der Waals surface area contributed by atoms with Gasteiger partial charge in [-0.1, -0.05) is 0 Å². The van der Waals surface area contributed by atoms with Crippen LogP contribution in [0.2, 0.25) is 0 Å². The molecule has 146 valence electrons. The minimum Gasteiger partial charge on any atom is -0.384 e. The van der Waals surface area contributed by atoms with Crippen LogP contribution in [0.4, 0.5) is 0 Å². The Morgan fingerprint density at radius 1 is 1.31 bits per heavy atom. The van der Waals surface area contributed by atoms with Gasteiger partial charge in [-0.2, -0.15) is 0 Å². The van der Waals surface area contributed by atoms with Gasteiger partial charge in [-0.05, 0) is 45.1 Å². The van der Waals surface area contributed by atoms with Crippen molar-refractivity contribution < 1.29 is 9.47 Å². The standard InChI is InChI=1S/C20H33N3O2S/c1-16-19(26-15-21-16)12-22-6-4-17-11-18(23-7-9-25-10-8-23)3-5-20(17,13-22)14-24-2/h15,17-18H,3-14H2,1-2H3/t17-,18-,20+/m0/s1. The fourth-order valence-electron chi connectivity index (χ4n) is 5.46. The number of thiazole rings is 1. The number of hydrogen-bond acceptors (Lipinski definition) is 6. The molecule has 0 N–H and O–H groups in total. The second-order valence-electron chi connectivity index (χ2n) is 8.43. The van der Waals surface area contributed by atoms with Crippen LogP contribution < -0.4 is 0 Å². The molecule has 2 saturated heterocycles. The van der Waals surface area contributed by atoms with E-state index in [4.69, 9.17) is 9.47 Å². The molecule has 3 heterocycles. The van der Waals surface area contributed by atoms with E-state index in [2.05, 4.69) is 21.7 Å². The second-order valence-corrected chi connectivity index (χ2v) is 9.37. The summed E-state index contributed by atoms with van der Waals surface area (Å²) < 4.78 is 11.3. The predicted molar refractivity (Wildman–Crippen MR) is 105 cm³/mol. The first-order valence-electron chi connectivity index (χ1n) is 10.1. The van der Waals surface area contributed by atoms with Crippen LogP contribution in [-0.4, -0.2) is 73.9 Å². The van der Waals surface area contributed by atoms with Crippen LogP contribution in [0.5, 0.6) is 0 Å². The molecule has 1 saturated carbocycles. The fraction of sp³-hybridized carbons (Fsp3) is 0.850. The van der Waals surface area contributed by atoms with E-state index in [1.807, 2.05) is 12.6 Å². The molecule has 2 aliphatic heterocycles. The van der Waals surface area contributed by atoms with Crippen LogP contribution in [0.1, 0.15) is 36.3 Å². The molecule has 1 aliphatic carbocycles. The molecular weight excluding hydrogens is 346 g/mol. The van der Waals surface area contributed by atoms with E-state index in [0.717, 1.165) is 51.4 Å². The lowest BCUT2D eigenvalue weighted by molar-refractivity contribution is -0.0869. The normalized spacial score (nSPS) is 33.9. The van der Waals surface area contributed by atoms with Crippen molar-refractivity contribution in [3.63, 3.8) is 0 Å². The molecule has 5 nitrogen and oxygen atoms in total. The van der Waals surface area contributed by atoms with Crippen LogP contribution in [-0.2, 0) is 16.0 Å². The fourth-order valence-corrected chi connectivity index (χ4v) is 6.28. The van der Waals surface area contributed by atoms with Crippen molar-refractivity contribution in [3.8, 4) is 0 Å². The summed E-state index contributed by atoms with van der Waals surface area (Å²) in [5, 5.41) is 0. The van der Waals surface area contributed by atoms with Crippen LogP contribution in [0.15, 0.2) is 5.51 Å². The third kappa shape index (κ3) is 3.85. The Labute approximate surface area is 161 Å². The third-order valence-electron chi connectivity index (χ3n) is 6.94. The molecule has 3 atom stereocenters. The van der Waals surface area contributed by atoms with Crippen LogP contribution in [0.3, 0.4) is 0 Å². The first-order chi connectivity index (χ1) is 12.7. The summed E-state index contributed by atoms with van der Waals surface area (Å²) in [6, 6.07) is 0.754. The molecule has 26 heavy (non-hydrogen) atoms. The highest BCUT2D eigenvalue weighted by Gasteiger charge is 2.47. The molecule has 1 aromatic rings. The van der Waals surface area contributed by atoms with Crippen molar-refractivity contribution in [2.75, 3.05) is 53.1 Å². The van der Waals surface area contributed by atoms with Crippen molar-refractivity contribution in [1.29, 1.82) is 0 Å². The number of fused-ring (bicyclic) bond motifs is 1. The molecule has 0 bridgehead atoms. The number of morpholine rings is 1. The SMILES string of the molecule is COC[C@]12CC[C@H](N3CCOCC3)C[C@@H]1CCN(Cc1scnc1C)C2. The first-order valence-corrected chi connectivity index (χ1v) is 11.0. The van der Waals surface area contributed by atoms with E-state index in [-0.39, 0.29) is 0 Å². The molecule has 0 unspecified atom stereocenters. The van der Waals surface area contributed by atoms with Gasteiger partial charge in [0, 0.05) is 49.6 Å². The molecule has 1 aromatic heterocycles. The summed E-state index contributed by atoms with van der Waals surface area (Å²) in [6.07, 6.45) is 5.26. The molecule has 3 fully saturated rings. The van der Waals surface area contributed by atoms with E-state index in [9.17, 15) is 0 Å². The van der Waals surface area contributed by atoms with Gasteiger partial charge in [-0.15, -0.1) is 11.3 Å². The van der Waals surface area contributed by atoms with Gasteiger partial charge in [-0.3, -0.25) is 9.80 Å². The number of nitrogens with zero attached hydrogens (tertiary/aromatic N) is 3. The quantitative estimate of drug-likeness (QED) is 0.786. The van der Waals surface area contributed by atoms with E-state index < -0.39 is 0 Å². The Morgan fingerprint density at radius 3 is 2.88 bits per heavy atom. The number of rotatable bonds is 5. The van der Waals surface area contributed by atoms with E-state index in [0.29, 0.717) is 5.41 Å². The maximum Gasteiger partial charge on any atom is 0.0798 e. The molecule has 0 aromatic carbocycles. The van der Waals surface area contributed by atoms with Crippen molar-refractivity contribution in [1.82, 2.24) is 14.8 Å². The lowest BCUT2D eigenvalue weighted by Gasteiger charge is -2.54. The number of piperidine rings is 1. The highest BCUT2D eigenvalue weighted by molar-refractivity contribution is 7.09. The Kier molecular flexibility index (Phi) is 5.96. The van der Waals surface area contributed by atoms with E-state index in [1.165, 1.54) is 49.3 Å². The lowest BCUT2D eigenvalue weighted by Crippen LogP contribution is -2.56. The highest BCUT2D eigenvalue weighted by atomic mass is 32.1. The van der Waals surface area contributed by atoms with Gasteiger partial charge in [-0.25, -0.2) is 4.98 Å². The summed E-state index contributed by atoms with van der Waals surface area (Å²) in [5.74, 6) is 0.794. The monoisotopic (exact) mass is 379 g/mol. The molecule has 0 amide bonds. The Bertz CT molecular complexity index is 589. The number of aromatic nitrogens is 1. The van der Waals surface area contributed by atoms with E-state index >= 15 is 0 Å². The molecule has 0 radical (unpaired) electrons. The highest BCUT2D eigenvalue weighted by Crippen LogP contribution is 2.48. The number of aryl methyl sites for hydroxylation is 1. The lowest BCUT2D eigenvalue weighted by atomic mass is 9.62. The summed E-state index contributed by atoms with van der Waals surface area (Å²) >= 11 is 1.80. The van der Waals surface area contributed by atoms with Gasteiger partial charge in [0.25, 0.3) is 0 Å². The van der Waals surface area contributed by atoms with Crippen molar-refractivity contribution in [2.45, 2.75) is 45.2 Å². The van der Waals surface area contributed by atoms with Gasteiger partial charge in [0.15, 0.2) is 0 Å². The van der Waals surface area contributed by atoms with E-state index in [1.54, 1.807) is 11.3 Å². The van der Waals surface area contributed by atoms with Gasteiger partial charge < -0.3 is 9.47 Å². The van der Waals surface area contributed by atoms with Gasteiger partial charge in [0.05, 0.1) is 31.0 Å². The largest absolute Gasteiger partial charge is 0.384 e. The molecule has 6 heteroatoms. The summed E-state index contributed by atoms with van der Waals surface area (Å²) in [7, 11) is 1.88. The van der Waals surface area contributed by atoms with Crippen molar-refractivity contribution in [2.24, 2.45) is 11.3 Å². The predicted octanol–water partition coefficient (Wildman–Crippen LogP) is 2.79. The van der Waals surface area contributed by atoms with Gasteiger partial charge in [0.2, 0.25) is 0 Å². The third-order valence-corrected chi connectivity index (χ3v) is 7.86. The summed E-state index contributed by atoms with van der Waals surface area (Å²) in [6.45, 7) is 10.5. The number of likely N-dealkylation sites (tertiary alicyclic amines) is 1. The van der Waals surface area contributed by atoms with Crippen LogP contribution >= 0.6 is 11.3 Å². The topological polar surface area (TPSA) is 37.8 Å². The average molecular weight is 380 g/mol. The summed E-state index contributed by atoms with van der Waals surface area (Å²) in [5.41, 5.74) is 3.53. The zero-order valence-corrected chi connectivity index (χ0v) is 17.1.